The maximum absolute atomic E-state index is 15.7. The van der Waals surface area contributed by atoms with Crippen molar-refractivity contribution in [2.45, 2.75) is 90.3 Å². The molecule has 4 amide bonds. The van der Waals surface area contributed by atoms with Crippen LogP contribution in [-0.4, -0.2) is 88.5 Å². The topological polar surface area (TPSA) is 129 Å². The number of carbonyl (C=O) groups excluding carboxylic acids is 4. The van der Waals surface area contributed by atoms with Gasteiger partial charge in [-0.1, -0.05) is 39.7 Å². The second-order valence-corrected chi connectivity index (χ2v) is 13.9. The first-order valence-corrected chi connectivity index (χ1v) is 17.2. The van der Waals surface area contributed by atoms with Gasteiger partial charge in [0, 0.05) is 51.3 Å². The van der Waals surface area contributed by atoms with Gasteiger partial charge in [0.05, 0.1) is 5.69 Å². The number of halogens is 1. The van der Waals surface area contributed by atoms with E-state index < -0.39 is 29.7 Å². The Bertz CT molecular complexity index is 1430. The largest absolute Gasteiger partial charge is 0.344 e. The standard InChI is InChI=1S/C35H50FN7O4/c1-5-30(44)39-31(35(47)42-18-16-41(4)17-19-42)23(3)26-12-13-28(27(36)20-26)38-34(46)32(25-10-6-22(2)7-11-25)40-33(45)29-14-15-37-43(29)21-24-8-9-24/h12-15,20,22-25,31-32H,5-11,16-19,21H2,1-4H3,(H,38,46)(H,39,44)(H,40,45)/t22-,23-,25-,31+,32-/m0/s1. The van der Waals surface area contributed by atoms with Gasteiger partial charge in [-0.25, -0.2) is 4.39 Å². The summed E-state index contributed by atoms with van der Waals surface area (Å²) in [6, 6.07) is 4.46. The Kier molecular flexibility index (Phi) is 11.3. The van der Waals surface area contributed by atoms with Crippen molar-refractivity contribution in [2.75, 3.05) is 38.5 Å². The number of likely N-dealkylation sites (N-methyl/N-ethyl adjacent to an activating group) is 1. The van der Waals surface area contributed by atoms with Gasteiger partial charge in [-0.15, -0.1) is 0 Å². The molecular weight excluding hydrogens is 601 g/mol. The summed E-state index contributed by atoms with van der Waals surface area (Å²) in [7, 11) is 2.00. The third-order valence-corrected chi connectivity index (χ3v) is 10.2. The second-order valence-electron chi connectivity index (χ2n) is 13.9. The molecule has 3 aliphatic rings. The molecule has 2 aliphatic carbocycles. The number of carbonyl (C=O) groups is 4. The lowest BCUT2D eigenvalue weighted by Gasteiger charge is -2.36. The van der Waals surface area contributed by atoms with Crippen LogP contribution >= 0.6 is 0 Å². The van der Waals surface area contributed by atoms with E-state index in [4.69, 9.17) is 0 Å². The van der Waals surface area contributed by atoms with Gasteiger partial charge in [0.2, 0.25) is 17.7 Å². The Labute approximate surface area is 277 Å². The van der Waals surface area contributed by atoms with E-state index in [0.717, 1.165) is 51.6 Å². The lowest BCUT2D eigenvalue weighted by atomic mass is 9.79. The predicted octanol–water partition coefficient (Wildman–Crippen LogP) is 3.77. The number of nitrogens with one attached hydrogen (secondary N) is 3. The fraction of sp³-hybridized carbons (Fsp3) is 0.629. The van der Waals surface area contributed by atoms with Crippen LogP contribution in [0.1, 0.15) is 87.7 Å². The van der Waals surface area contributed by atoms with Crippen LogP contribution in [0.4, 0.5) is 10.1 Å². The van der Waals surface area contributed by atoms with E-state index in [2.05, 4.69) is 32.9 Å². The Morgan fingerprint density at radius 2 is 1.68 bits per heavy atom. The number of piperazine rings is 1. The molecule has 3 fully saturated rings. The summed E-state index contributed by atoms with van der Waals surface area (Å²) in [5, 5.41) is 12.9. The van der Waals surface area contributed by atoms with E-state index in [0.29, 0.717) is 42.7 Å². The monoisotopic (exact) mass is 651 g/mol. The quantitative estimate of drug-likeness (QED) is 0.321. The molecule has 0 unspecified atom stereocenters. The van der Waals surface area contributed by atoms with Crippen molar-refractivity contribution in [1.29, 1.82) is 0 Å². The van der Waals surface area contributed by atoms with Crippen molar-refractivity contribution in [2.24, 2.45) is 17.8 Å². The highest BCUT2D eigenvalue weighted by atomic mass is 19.1. The minimum absolute atomic E-state index is 0.00677. The van der Waals surface area contributed by atoms with Crippen molar-refractivity contribution >= 4 is 29.3 Å². The number of amides is 4. The maximum atomic E-state index is 15.7. The summed E-state index contributed by atoms with van der Waals surface area (Å²) in [5.74, 6) is -1.46. The smallest absolute Gasteiger partial charge is 0.270 e. The maximum Gasteiger partial charge on any atom is 0.270 e. The Morgan fingerprint density at radius 1 is 0.979 bits per heavy atom. The van der Waals surface area contributed by atoms with Crippen molar-refractivity contribution in [3.8, 4) is 0 Å². The molecule has 3 atom stereocenters. The van der Waals surface area contributed by atoms with Gasteiger partial charge in [-0.3, -0.25) is 23.9 Å². The van der Waals surface area contributed by atoms with Gasteiger partial charge < -0.3 is 25.8 Å². The summed E-state index contributed by atoms with van der Waals surface area (Å²) in [5.41, 5.74) is 0.936. The van der Waals surface area contributed by atoms with Crippen molar-refractivity contribution < 1.29 is 23.6 Å². The van der Waals surface area contributed by atoms with Crippen LogP contribution in [0.5, 0.6) is 0 Å². The SMILES string of the molecule is CCC(=O)N[C@@H](C(=O)N1CCN(C)CC1)[C@@H](C)c1ccc(NC(=O)[C@@H](NC(=O)c2ccnn2CC2CC2)[C@H]2CC[C@H](C)CC2)c(F)c1. The molecule has 2 saturated carbocycles. The molecule has 3 N–H and O–H groups in total. The molecule has 0 bridgehead atoms. The van der Waals surface area contributed by atoms with Gasteiger partial charge in [0.25, 0.3) is 5.91 Å². The molecule has 1 aromatic heterocycles. The van der Waals surface area contributed by atoms with Gasteiger partial charge in [-0.2, -0.15) is 5.10 Å². The van der Waals surface area contributed by atoms with Crippen LogP contribution < -0.4 is 16.0 Å². The van der Waals surface area contributed by atoms with Crippen LogP contribution in [0.25, 0.3) is 0 Å². The highest BCUT2D eigenvalue weighted by Gasteiger charge is 2.35. The predicted molar refractivity (Wildman–Crippen MR) is 177 cm³/mol. The Balaban J connectivity index is 1.31. The third kappa shape index (κ3) is 8.77. The van der Waals surface area contributed by atoms with E-state index in [1.54, 1.807) is 41.8 Å². The van der Waals surface area contributed by atoms with Crippen molar-refractivity contribution in [1.82, 2.24) is 30.2 Å². The first kappa shape index (κ1) is 34.5. The third-order valence-electron chi connectivity index (χ3n) is 10.2. The van der Waals surface area contributed by atoms with E-state index >= 15 is 4.39 Å². The normalized spacial score (nSPS) is 22.2. The number of hydrogen-bond donors (Lipinski definition) is 3. The fourth-order valence-electron chi connectivity index (χ4n) is 6.67. The highest BCUT2D eigenvalue weighted by Crippen LogP contribution is 2.33. The number of rotatable bonds is 12. The first-order chi connectivity index (χ1) is 22.5. The molecule has 1 aliphatic heterocycles. The number of benzene rings is 1. The zero-order valence-electron chi connectivity index (χ0n) is 28.1. The average molecular weight is 652 g/mol. The summed E-state index contributed by atoms with van der Waals surface area (Å²) in [4.78, 5) is 57.1. The van der Waals surface area contributed by atoms with E-state index in [9.17, 15) is 19.2 Å². The summed E-state index contributed by atoms with van der Waals surface area (Å²) in [6.45, 7) is 8.97. The summed E-state index contributed by atoms with van der Waals surface area (Å²) in [6.07, 6.45) is 7.54. The van der Waals surface area contributed by atoms with E-state index in [-0.39, 0.29) is 35.7 Å². The minimum atomic E-state index is -0.854. The lowest BCUT2D eigenvalue weighted by molar-refractivity contribution is -0.138. The molecule has 0 radical (unpaired) electrons. The highest BCUT2D eigenvalue weighted by molar-refractivity contribution is 6.00. The van der Waals surface area contributed by atoms with Gasteiger partial charge in [-0.05, 0) is 74.2 Å². The van der Waals surface area contributed by atoms with E-state index in [1.165, 1.54) is 12.1 Å². The Morgan fingerprint density at radius 3 is 2.32 bits per heavy atom. The molecule has 11 nitrogen and oxygen atoms in total. The molecule has 2 aromatic rings. The van der Waals surface area contributed by atoms with Crippen molar-refractivity contribution in [3.05, 3.63) is 47.5 Å². The number of hydrogen-bond acceptors (Lipinski definition) is 6. The number of anilines is 1. The molecule has 1 saturated heterocycles. The molecule has 0 spiro atoms. The fourth-order valence-corrected chi connectivity index (χ4v) is 6.67. The zero-order chi connectivity index (χ0) is 33.7. The molecule has 12 heteroatoms. The zero-order valence-corrected chi connectivity index (χ0v) is 28.1. The van der Waals surface area contributed by atoms with Crippen LogP contribution in [0.3, 0.4) is 0 Å². The molecule has 47 heavy (non-hydrogen) atoms. The molecular formula is C35H50FN7O4. The van der Waals surface area contributed by atoms with Gasteiger partial charge in [0.15, 0.2) is 0 Å². The molecule has 2 heterocycles. The molecule has 5 rings (SSSR count). The van der Waals surface area contributed by atoms with Gasteiger partial charge >= 0.3 is 0 Å². The number of aromatic nitrogens is 2. The first-order valence-electron chi connectivity index (χ1n) is 17.2. The average Bonchev–Trinajstić information content (AvgIpc) is 3.76. The van der Waals surface area contributed by atoms with Crippen LogP contribution in [0, 0.1) is 23.6 Å². The Hall–Kier alpha value is -3.80. The second kappa shape index (κ2) is 15.4. The van der Waals surface area contributed by atoms with Crippen LogP contribution in [-0.2, 0) is 20.9 Å². The minimum Gasteiger partial charge on any atom is -0.344 e. The summed E-state index contributed by atoms with van der Waals surface area (Å²) >= 11 is 0. The van der Waals surface area contributed by atoms with Crippen molar-refractivity contribution in [3.63, 3.8) is 0 Å². The van der Waals surface area contributed by atoms with Crippen LogP contribution in [0.2, 0.25) is 0 Å². The summed E-state index contributed by atoms with van der Waals surface area (Å²) < 4.78 is 17.4. The lowest BCUT2D eigenvalue weighted by Crippen LogP contribution is -2.55. The van der Waals surface area contributed by atoms with Crippen LogP contribution in [0.15, 0.2) is 30.5 Å². The van der Waals surface area contributed by atoms with E-state index in [1.807, 2.05) is 7.05 Å². The number of nitrogens with zero attached hydrogens (tertiary/aromatic N) is 4. The molecule has 1 aromatic carbocycles. The van der Waals surface area contributed by atoms with Gasteiger partial charge in [0.1, 0.15) is 23.6 Å². The molecule has 256 valence electrons.